The quantitative estimate of drug-likeness (QED) is 0.187. The third-order valence-corrected chi connectivity index (χ3v) is 10.7. The van der Waals surface area contributed by atoms with Crippen LogP contribution in [0.2, 0.25) is 0 Å². The molecule has 1 unspecified atom stereocenters. The van der Waals surface area contributed by atoms with E-state index in [1.807, 2.05) is 0 Å². The SMILES string of the molecule is c1ccc2c(c1)Oc1c(-c3cccc4c3-c3ccccc3C43c4ccccc4-c4cc5ccccc5cc43)ccc3cccc-2c13. The van der Waals surface area contributed by atoms with Gasteiger partial charge in [-0.2, -0.15) is 0 Å². The summed E-state index contributed by atoms with van der Waals surface area (Å²) in [6.07, 6.45) is 0. The monoisotopic (exact) mass is 582 g/mol. The van der Waals surface area contributed by atoms with Crippen molar-refractivity contribution in [3.8, 4) is 56.0 Å². The average molecular weight is 583 g/mol. The van der Waals surface area contributed by atoms with Crippen LogP contribution >= 0.6 is 0 Å². The van der Waals surface area contributed by atoms with Gasteiger partial charge < -0.3 is 4.74 Å². The van der Waals surface area contributed by atoms with E-state index < -0.39 is 5.41 Å². The first-order chi connectivity index (χ1) is 22.8. The summed E-state index contributed by atoms with van der Waals surface area (Å²) >= 11 is 0. The normalized spacial score (nSPS) is 16.1. The Morgan fingerprint density at radius 2 is 0.957 bits per heavy atom. The fourth-order valence-electron chi connectivity index (χ4n) is 8.87. The Labute approximate surface area is 267 Å². The van der Waals surface area contributed by atoms with Crippen LogP contribution in [0.5, 0.6) is 11.5 Å². The van der Waals surface area contributed by atoms with Gasteiger partial charge in [0.1, 0.15) is 11.5 Å². The maximum absolute atomic E-state index is 6.86. The van der Waals surface area contributed by atoms with E-state index in [0.717, 1.165) is 22.6 Å². The fourth-order valence-corrected chi connectivity index (χ4v) is 8.87. The van der Waals surface area contributed by atoms with Gasteiger partial charge in [-0.3, -0.25) is 0 Å². The number of rotatable bonds is 1. The van der Waals surface area contributed by atoms with Crippen LogP contribution in [0.1, 0.15) is 22.3 Å². The molecule has 212 valence electrons. The van der Waals surface area contributed by atoms with Crippen molar-refractivity contribution < 1.29 is 4.74 Å². The predicted octanol–water partition coefficient (Wildman–Crippen LogP) is 11.8. The summed E-state index contributed by atoms with van der Waals surface area (Å²) in [6, 6.07) is 58.2. The molecule has 0 aromatic heterocycles. The van der Waals surface area contributed by atoms with Crippen LogP contribution in [0.15, 0.2) is 158 Å². The zero-order chi connectivity index (χ0) is 30.0. The molecule has 2 aliphatic carbocycles. The molecule has 3 aliphatic rings. The van der Waals surface area contributed by atoms with Crippen molar-refractivity contribution in [2.45, 2.75) is 5.41 Å². The zero-order valence-electron chi connectivity index (χ0n) is 24.9. The van der Waals surface area contributed by atoms with Crippen LogP contribution in [0.4, 0.5) is 0 Å². The van der Waals surface area contributed by atoms with Gasteiger partial charge in [0.2, 0.25) is 0 Å². The second kappa shape index (κ2) is 8.62. The van der Waals surface area contributed by atoms with Gasteiger partial charge >= 0.3 is 0 Å². The lowest BCUT2D eigenvalue weighted by atomic mass is 9.70. The molecule has 0 bridgehead atoms. The highest BCUT2D eigenvalue weighted by molar-refractivity contribution is 6.10. The first kappa shape index (κ1) is 24.4. The Kier molecular flexibility index (Phi) is 4.57. The van der Waals surface area contributed by atoms with Crippen molar-refractivity contribution in [2.75, 3.05) is 0 Å². The van der Waals surface area contributed by atoms with Crippen molar-refractivity contribution in [1.82, 2.24) is 0 Å². The van der Waals surface area contributed by atoms with Gasteiger partial charge in [0.25, 0.3) is 0 Å². The first-order valence-electron chi connectivity index (χ1n) is 16.0. The maximum Gasteiger partial charge on any atom is 0.143 e. The maximum atomic E-state index is 6.86. The summed E-state index contributed by atoms with van der Waals surface area (Å²) in [5.41, 5.74) is 14.9. The van der Waals surface area contributed by atoms with E-state index in [9.17, 15) is 0 Å². The molecule has 1 atom stereocenters. The fraction of sp³-hybridized carbons (Fsp3) is 0.0222. The van der Waals surface area contributed by atoms with Crippen LogP contribution < -0.4 is 4.74 Å². The number of ether oxygens (including phenoxy) is 1. The molecule has 8 aromatic carbocycles. The molecular weight excluding hydrogens is 556 g/mol. The number of para-hydroxylation sites is 1. The first-order valence-corrected chi connectivity index (χ1v) is 16.0. The van der Waals surface area contributed by atoms with Gasteiger partial charge in [0.15, 0.2) is 0 Å². The van der Waals surface area contributed by atoms with Crippen molar-refractivity contribution >= 4 is 21.5 Å². The molecule has 0 amide bonds. The summed E-state index contributed by atoms with van der Waals surface area (Å²) in [4.78, 5) is 0. The Morgan fingerprint density at radius 3 is 1.83 bits per heavy atom. The van der Waals surface area contributed by atoms with E-state index in [1.54, 1.807) is 0 Å². The van der Waals surface area contributed by atoms with Crippen LogP contribution in [0, 0.1) is 0 Å². The van der Waals surface area contributed by atoms with Crippen molar-refractivity contribution in [3.63, 3.8) is 0 Å². The van der Waals surface area contributed by atoms with Gasteiger partial charge in [0, 0.05) is 16.5 Å². The smallest absolute Gasteiger partial charge is 0.143 e. The molecule has 46 heavy (non-hydrogen) atoms. The third kappa shape index (κ3) is 2.87. The molecule has 0 saturated heterocycles. The highest BCUT2D eigenvalue weighted by atomic mass is 16.5. The van der Waals surface area contributed by atoms with E-state index in [0.29, 0.717) is 0 Å². The molecule has 11 rings (SSSR count). The van der Waals surface area contributed by atoms with E-state index in [2.05, 4.69) is 158 Å². The van der Waals surface area contributed by atoms with E-state index >= 15 is 0 Å². The van der Waals surface area contributed by atoms with Crippen LogP contribution in [0.3, 0.4) is 0 Å². The second-order valence-corrected chi connectivity index (χ2v) is 12.8. The summed E-state index contributed by atoms with van der Waals surface area (Å²) < 4.78 is 6.86. The summed E-state index contributed by atoms with van der Waals surface area (Å²) in [7, 11) is 0. The number of hydrogen-bond acceptors (Lipinski definition) is 1. The van der Waals surface area contributed by atoms with Gasteiger partial charge in [-0.15, -0.1) is 0 Å². The second-order valence-electron chi connectivity index (χ2n) is 12.8. The Morgan fingerprint density at radius 1 is 0.348 bits per heavy atom. The molecule has 1 heterocycles. The molecule has 1 spiro atoms. The van der Waals surface area contributed by atoms with Gasteiger partial charge in [-0.1, -0.05) is 133 Å². The van der Waals surface area contributed by atoms with Crippen LogP contribution in [0.25, 0.3) is 66.1 Å². The van der Waals surface area contributed by atoms with Crippen molar-refractivity contribution in [3.05, 3.63) is 180 Å². The zero-order valence-corrected chi connectivity index (χ0v) is 24.9. The molecule has 0 N–H and O–H groups in total. The molecule has 0 radical (unpaired) electrons. The Hall–Kier alpha value is -5.92. The van der Waals surface area contributed by atoms with E-state index in [-0.39, 0.29) is 0 Å². The lowest BCUT2D eigenvalue weighted by molar-refractivity contribution is 0.489. The van der Waals surface area contributed by atoms with E-state index in [1.165, 1.54) is 77.2 Å². The molecule has 1 heteroatoms. The van der Waals surface area contributed by atoms with Crippen molar-refractivity contribution in [2.24, 2.45) is 0 Å². The van der Waals surface area contributed by atoms with Gasteiger partial charge in [0.05, 0.1) is 5.41 Å². The number of hydrogen-bond donors (Lipinski definition) is 0. The minimum atomic E-state index is -0.412. The predicted molar refractivity (Wildman–Crippen MR) is 189 cm³/mol. The highest BCUT2D eigenvalue weighted by Crippen LogP contribution is 2.65. The minimum absolute atomic E-state index is 0.412. The van der Waals surface area contributed by atoms with Crippen LogP contribution in [-0.2, 0) is 5.41 Å². The summed E-state index contributed by atoms with van der Waals surface area (Å²) in [5.74, 6) is 1.85. The Balaban J connectivity index is 1.26. The topological polar surface area (TPSA) is 9.23 Å². The standard InChI is InChI=1S/C45H26O/c1-2-12-29-26-40-36(25-28(29)11-1)30-14-3-6-19-37(30)45(40)38-20-7-4-16-35(38)43-33(18-10-21-39(43)45)34-24-23-27-13-9-17-32-31-15-5-8-22-41(31)46-44(34)42(27)32/h1-26H. The lowest BCUT2D eigenvalue weighted by Gasteiger charge is -2.31. The van der Waals surface area contributed by atoms with E-state index in [4.69, 9.17) is 4.74 Å². The molecular formula is C45H26O. The highest BCUT2D eigenvalue weighted by Gasteiger charge is 2.52. The average Bonchev–Trinajstić information content (AvgIpc) is 3.58. The van der Waals surface area contributed by atoms with Crippen molar-refractivity contribution in [1.29, 1.82) is 0 Å². The molecule has 0 saturated carbocycles. The largest absolute Gasteiger partial charge is 0.455 e. The molecule has 8 aromatic rings. The summed E-state index contributed by atoms with van der Waals surface area (Å²) in [6.45, 7) is 0. The van der Waals surface area contributed by atoms with Gasteiger partial charge in [-0.25, -0.2) is 0 Å². The number of fused-ring (bicyclic) bond motifs is 13. The molecule has 1 aliphatic heterocycles. The summed E-state index contributed by atoms with van der Waals surface area (Å²) in [5, 5.41) is 4.92. The number of benzene rings is 8. The minimum Gasteiger partial charge on any atom is -0.455 e. The third-order valence-electron chi connectivity index (χ3n) is 10.7. The lowest BCUT2D eigenvalue weighted by Crippen LogP contribution is -2.25. The Bertz CT molecular complexity index is 2630. The molecule has 0 fully saturated rings. The molecule has 1 nitrogen and oxygen atoms in total. The van der Waals surface area contributed by atoms with Crippen LogP contribution in [-0.4, -0.2) is 0 Å². The van der Waals surface area contributed by atoms with Gasteiger partial charge in [-0.05, 0) is 96.1 Å².